The van der Waals surface area contributed by atoms with Gasteiger partial charge in [-0.05, 0) is 12.5 Å². The third kappa shape index (κ3) is 3.89. The van der Waals surface area contributed by atoms with Gasteiger partial charge in [0, 0.05) is 18.1 Å². The summed E-state index contributed by atoms with van der Waals surface area (Å²) in [5.41, 5.74) is 5.92. The van der Waals surface area contributed by atoms with Crippen LogP contribution in [0.3, 0.4) is 0 Å². The van der Waals surface area contributed by atoms with Crippen molar-refractivity contribution in [1.29, 1.82) is 0 Å². The monoisotopic (exact) mass is 377 g/mol. The summed E-state index contributed by atoms with van der Waals surface area (Å²) in [6.45, 7) is 1.88. The Morgan fingerprint density at radius 1 is 1.30 bits per heavy atom. The van der Waals surface area contributed by atoms with Gasteiger partial charge in [-0.25, -0.2) is 4.79 Å². The second-order valence-electron chi connectivity index (χ2n) is 5.50. The minimum absolute atomic E-state index is 0.0361. The smallest absolute Gasteiger partial charge is 0.338 e. The summed E-state index contributed by atoms with van der Waals surface area (Å²) in [6.07, 6.45) is 0. The van der Waals surface area contributed by atoms with Crippen LogP contribution in [0.4, 0.5) is 5.69 Å². The zero-order valence-corrected chi connectivity index (χ0v) is 15.0. The van der Waals surface area contributed by atoms with E-state index in [1.54, 1.807) is 13.0 Å². The zero-order valence-electron chi connectivity index (χ0n) is 15.0. The van der Waals surface area contributed by atoms with Crippen molar-refractivity contribution in [3.63, 3.8) is 0 Å². The number of carbonyl (C=O) groups excluding carboxylic acids is 2. The first-order valence-corrected chi connectivity index (χ1v) is 7.97. The molecule has 1 aliphatic heterocycles. The van der Waals surface area contributed by atoms with Gasteiger partial charge in [-0.3, -0.25) is 14.9 Å². The molecule has 0 radical (unpaired) electrons. The van der Waals surface area contributed by atoms with E-state index >= 15 is 0 Å². The Morgan fingerprint density at radius 3 is 2.56 bits per heavy atom. The Bertz CT molecular complexity index is 832. The Balaban J connectivity index is 2.73. The maximum absolute atomic E-state index is 12.5. The average Bonchev–Trinajstić information content (AvgIpc) is 2.66. The number of nitro groups is 1. The van der Waals surface area contributed by atoms with Crippen LogP contribution < -0.4 is 5.73 Å². The van der Waals surface area contributed by atoms with Crippen molar-refractivity contribution in [2.24, 2.45) is 16.6 Å². The zero-order chi connectivity index (χ0) is 20.1. The largest absolute Gasteiger partial charge is 0.480 e. The second-order valence-corrected chi connectivity index (χ2v) is 5.50. The molecule has 10 heteroatoms. The van der Waals surface area contributed by atoms with E-state index in [1.807, 2.05) is 0 Å². The molecule has 0 saturated heterocycles. The summed E-state index contributed by atoms with van der Waals surface area (Å²) in [5, 5.41) is 11.1. The predicted octanol–water partition coefficient (Wildman–Crippen LogP) is 1.26. The Morgan fingerprint density at radius 2 is 2.00 bits per heavy atom. The Labute approximate surface area is 154 Å². The first-order chi connectivity index (χ1) is 12.8. The van der Waals surface area contributed by atoms with Crippen molar-refractivity contribution in [1.82, 2.24) is 0 Å². The van der Waals surface area contributed by atoms with Crippen LogP contribution in [0.25, 0.3) is 0 Å². The van der Waals surface area contributed by atoms with Crippen molar-refractivity contribution in [2.45, 2.75) is 12.8 Å². The topological polar surface area (TPSA) is 143 Å². The van der Waals surface area contributed by atoms with Crippen LogP contribution in [0.1, 0.15) is 18.4 Å². The van der Waals surface area contributed by atoms with Crippen molar-refractivity contribution in [3.05, 3.63) is 51.3 Å². The van der Waals surface area contributed by atoms with E-state index in [1.165, 1.54) is 25.3 Å². The van der Waals surface area contributed by atoms with Gasteiger partial charge < -0.3 is 19.9 Å². The van der Waals surface area contributed by atoms with Crippen molar-refractivity contribution < 1.29 is 28.7 Å². The number of methoxy groups -OCH3 is 2. The number of carbonyl (C=O) groups is 2. The number of nitro benzene ring substituents is 1. The number of ether oxygens (including phenoxy) is 3. The number of esters is 2. The lowest BCUT2D eigenvalue weighted by molar-refractivity contribution is -0.384. The summed E-state index contributed by atoms with van der Waals surface area (Å²) in [5.74, 6) is -3.94. The molecular formula is C17H19N3O7. The van der Waals surface area contributed by atoms with Gasteiger partial charge in [0.1, 0.15) is 11.7 Å². The van der Waals surface area contributed by atoms with Crippen LogP contribution in [0.5, 0.6) is 0 Å². The predicted molar refractivity (Wildman–Crippen MR) is 93.6 cm³/mol. The molecule has 1 aromatic rings. The third-order valence-electron chi connectivity index (χ3n) is 4.01. The number of aliphatic imine (C=N–C) groups is 1. The minimum atomic E-state index is -1.15. The summed E-state index contributed by atoms with van der Waals surface area (Å²) >= 11 is 0. The first kappa shape index (κ1) is 19.9. The van der Waals surface area contributed by atoms with Crippen LogP contribution in [0.15, 0.2) is 40.7 Å². The summed E-state index contributed by atoms with van der Waals surface area (Å²) in [6, 6.07) is 5.53. The highest BCUT2D eigenvalue weighted by molar-refractivity contribution is 6.04. The number of nitrogens with two attached hydrogens (primary N) is 1. The lowest BCUT2D eigenvalue weighted by Gasteiger charge is -2.31. The molecule has 0 spiro atoms. The fourth-order valence-corrected chi connectivity index (χ4v) is 2.88. The highest BCUT2D eigenvalue weighted by Crippen LogP contribution is 2.40. The molecule has 0 aromatic heterocycles. The fraction of sp³-hybridized carbons (Fsp3) is 0.353. The van der Waals surface area contributed by atoms with E-state index < -0.39 is 28.7 Å². The molecule has 1 aliphatic rings. The average molecular weight is 377 g/mol. The maximum Gasteiger partial charge on any atom is 0.338 e. The normalized spacial score (nSPS) is 19.1. The van der Waals surface area contributed by atoms with E-state index in [-0.39, 0.29) is 29.6 Å². The van der Waals surface area contributed by atoms with Gasteiger partial charge in [-0.2, -0.15) is 4.99 Å². The van der Waals surface area contributed by atoms with Crippen molar-refractivity contribution in [2.75, 3.05) is 20.8 Å². The van der Waals surface area contributed by atoms with Crippen LogP contribution >= 0.6 is 0 Å². The molecule has 2 rings (SSSR count). The second kappa shape index (κ2) is 8.30. The van der Waals surface area contributed by atoms with E-state index in [2.05, 4.69) is 4.99 Å². The minimum Gasteiger partial charge on any atom is -0.480 e. The van der Waals surface area contributed by atoms with Gasteiger partial charge in [0.2, 0.25) is 5.90 Å². The molecule has 0 saturated carbocycles. The molecule has 0 amide bonds. The Kier molecular flexibility index (Phi) is 6.11. The standard InChI is InChI=1S/C17H19N3O7/c1-4-27-15-13(17(22)26-3)11(12(14(18)19-15)16(21)25-2)9-6-5-7-10(8-9)20(23)24/h5-8,11,13H,4,18H2,1-3H3. The molecule has 1 aromatic carbocycles. The number of rotatable bonds is 5. The molecule has 10 nitrogen and oxygen atoms in total. The van der Waals surface area contributed by atoms with E-state index in [0.29, 0.717) is 5.56 Å². The number of hydrogen-bond acceptors (Lipinski definition) is 9. The van der Waals surface area contributed by atoms with Crippen LogP contribution in [-0.4, -0.2) is 43.6 Å². The third-order valence-corrected chi connectivity index (χ3v) is 4.01. The SMILES string of the molecule is CCOC1=NC(N)=C(C(=O)OC)C(c2cccc([N+](=O)[O-])c2)C1C(=O)OC. The Hall–Kier alpha value is -3.43. The molecule has 144 valence electrons. The van der Waals surface area contributed by atoms with Gasteiger partial charge in [0.05, 0.1) is 31.3 Å². The molecule has 0 fully saturated rings. The molecule has 2 N–H and O–H groups in total. The summed E-state index contributed by atoms with van der Waals surface area (Å²) < 4.78 is 15.0. The van der Waals surface area contributed by atoms with E-state index in [9.17, 15) is 19.7 Å². The van der Waals surface area contributed by atoms with Crippen LogP contribution in [0, 0.1) is 16.0 Å². The van der Waals surface area contributed by atoms with Gasteiger partial charge in [-0.1, -0.05) is 12.1 Å². The van der Waals surface area contributed by atoms with Crippen molar-refractivity contribution in [3.8, 4) is 0 Å². The number of nitrogens with zero attached hydrogens (tertiary/aromatic N) is 2. The summed E-state index contributed by atoms with van der Waals surface area (Å²) in [7, 11) is 2.33. The van der Waals surface area contributed by atoms with Gasteiger partial charge in [0.15, 0.2) is 0 Å². The van der Waals surface area contributed by atoms with Gasteiger partial charge in [-0.15, -0.1) is 0 Å². The molecule has 27 heavy (non-hydrogen) atoms. The number of benzene rings is 1. The fourth-order valence-electron chi connectivity index (χ4n) is 2.88. The van der Waals surface area contributed by atoms with Gasteiger partial charge in [0.25, 0.3) is 5.69 Å². The molecule has 0 bridgehead atoms. The first-order valence-electron chi connectivity index (χ1n) is 7.97. The number of non-ortho nitro benzene ring substituents is 1. The molecule has 0 aliphatic carbocycles. The molecule has 2 atom stereocenters. The molecular weight excluding hydrogens is 358 g/mol. The lowest BCUT2D eigenvalue weighted by atomic mass is 9.78. The maximum atomic E-state index is 12.5. The summed E-state index contributed by atoms with van der Waals surface area (Å²) in [4.78, 5) is 39.4. The highest BCUT2D eigenvalue weighted by atomic mass is 16.6. The van der Waals surface area contributed by atoms with Crippen LogP contribution in [-0.2, 0) is 23.8 Å². The van der Waals surface area contributed by atoms with Crippen LogP contribution in [0.2, 0.25) is 0 Å². The highest BCUT2D eigenvalue weighted by Gasteiger charge is 2.45. The number of hydrogen-bond donors (Lipinski definition) is 1. The molecule has 2 unspecified atom stereocenters. The molecule has 1 heterocycles. The quantitative estimate of drug-likeness (QED) is 0.459. The van der Waals surface area contributed by atoms with E-state index in [0.717, 1.165) is 7.11 Å². The van der Waals surface area contributed by atoms with Crippen molar-refractivity contribution >= 4 is 23.5 Å². The van der Waals surface area contributed by atoms with E-state index in [4.69, 9.17) is 19.9 Å². The van der Waals surface area contributed by atoms with Gasteiger partial charge >= 0.3 is 11.9 Å². The lowest BCUT2D eigenvalue weighted by Crippen LogP contribution is -2.39.